The first-order valence-corrected chi connectivity index (χ1v) is 33.0. The molecule has 0 saturated carbocycles. The number of carbonyl (C=O) groups is 3. The number of carbonyl (C=O) groups excluding carboxylic acids is 3. The zero-order valence-corrected chi connectivity index (χ0v) is 53.9. The van der Waals surface area contributed by atoms with Crippen LogP contribution in [0.3, 0.4) is 0 Å². The fraction of sp³-hybridized carbons (Fsp3) is 0.661. The zero-order valence-electron chi connectivity index (χ0n) is 49.0. The molecule has 85 heavy (non-hydrogen) atoms. The summed E-state index contributed by atoms with van der Waals surface area (Å²) in [5, 5.41) is 62.8. The van der Waals surface area contributed by atoms with Crippen LogP contribution in [0.4, 0.5) is 4.79 Å². The van der Waals surface area contributed by atoms with E-state index in [2.05, 4.69) is 55.7 Å². The molecule has 0 aromatic heterocycles. The molecule has 472 valence electrons. The first-order valence-electron chi connectivity index (χ1n) is 27.3. The number of aliphatic hydroxyl groups excluding tert-OH is 4. The largest absolute Gasteiger partial charge is 0.492 e. The van der Waals surface area contributed by atoms with Crippen molar-refractivity contribution in [3.05, 3.63) is 50.7 Å². The van der Waals surface area contributed by atoms with Crippen molar-refractivity contribution in [3.8, 4) is 40.9 Å². The molecule has 4 heterocycles. The smallest absolute Gasteiger partial charge is 0.411 e. The summed E-state index contributed by atoms with van der Waals surface area (Å²) in [4.78, 5) is 47.6. The van der Waals surface area contributed by atoms with Crippen LogP contribution in [0.2, 0.25) is 0 Å². The molecule has 7 rings (SSSR count). The lowest BCUT2D eigenvalue weighted by molar-refractivity contribution is -0.336. The van der Waals surface area contributed by atoms with Crippen molar-refractivity contribution >= 4 is 76.1 Å². The molecule has 17 unspecified atom stereocenters. The summed E-state index contributed by atoms with van der Waals surface area (Å²) >= 11 is 4.36. The van der Waals surface area contributed by atoms with Gasteiger partial charge in [-0.2, -0.15) is 5.48 Å². The maximum absolute atomic E-state index is 14.4. The van der Waals surface area contributed by atoms with Crippen molar-refractivity contribution in [2.45, 2.75) is 182 Å². The van der Waals surface area contributed by atoms with Crippen LogP contribution in [0.15, 0.2) is 39.5 Å². The van der Waals surface area contributed by atoms with E-state index in [1.807, 2.05) is 20.1 Å². The van der Waals surface area contributed by atoms with E-state index in [0.717, 1.165) is 18.9 Å². The van der Waals surface area contributed by atoms with E-state index in [9.17, 15) is 39.9 Å². The van der Waals surface area contributed by atoms with Crippen LogP contribution in [0.5, 0.6) is 17.2 Å². The van der Waals surface area contributed by atoms with E-state index in [0.29, 0.717) is 11.3 Å². The van der Waals surface area contributed by atoms with Crippen molar-refractivity contribution in [2.75, 3.05) is 54.2 Å². The predicted molar refractivity (Wildman–Crippen MR) is 319 cm³/mol. The lowest BCUT2D eigenvalue weighted by Gasteiger charge is -2.47. The summed E-state index contributed by atoms with van der Waals surface area (Å²) in [5.41, 5.74) is 1.18. The Morgan fingerprint density at radius 3 is 2.26 bits per heavy atom. The second-order valence-corrected chi connectivity index (χ2v) is 27.2. The van der Waals surface area contributed by atoms with Gasteiger partial charge in [-0.15, -0.1) is 0 Å². The number of Topliss-reactive ketones (excluding diaryl/α,β-unsaturated/α-hetero) is 1. The maximum Gasteiger partial charge on any atom is 0.411 e. The number of hydroxylamine groups is 1. The predicted octanol–water partition coefficient (Wildman–Crippen LogP) is 3.74. The summed E-state index contributed by atoms with van der Waals surface area (Å²) in [5.74, 6) is 11.2. The van der Waals surface area contributed by atoms with Crippen LogP contribution in [-0.2, 0) is 52.3 Å². The van der Waals surface area contributed by atoms with Gasteiger partial charge in [0.2, 0.25) is 17.2 Å². The highest BCUT2D eigenvalue weighted by atomic mass is 79.9. The van der Waals surface area contributed by atoms with Crippen LogP contribution >= 0.6 is 59.1 Å². The second-order valence-electron chi connectivity index (χ2n) is 20.8. The van der Waals surface area contributed by atoms with Crippen LogP contribution < -0.4 is 30.3 Å². The SMILES string of the molecule is COC(=O)NC1=C2C(=CCSSSC)[C@](O)(C#C/C=C\C#C[C@@H]2OC2OC(C)C(NOC3CC(O)C(SC(=O)c4c(C)c(Br)c(OC5OC(C)C(O)C(OC)C5O)c(OC)c4OC)C(C)O3)C(O)C2OC2CC(OC)C(NC(C)C)CO2)CC1=O. The number of nitrogens with one attached hydrogen (secondary N) is 3. The summed E-state index contributed by atoms with van der Waals surface area (Å²) in [6, 6.07) is -1.20. The number of alkyl carbamates (subject to hydrolysis) is 1. The van der Waals surface area contributed by atoms with Gasteiger partial charge in [0, 0.05) is 50.0 Å². The molecular weight excluding hydrogens is 1260 g/mol. The number of fused-ring (bicyclic) bond motifs is 2. The minimum atomic E-state index is -2.06. The van der Waals surface area contributed by atoms with Gasteiger partial charge in [0.25, 0.3) is 0 Å². The molecule has 6 aliphatic rings. The minimum absolute atomic E-state index is 0.00108. The van der Waals surface area contributed by atoms with E-state index in [4.69, 9.17) is 61.7 Å². The number of ether oxygens (including phenoxy) is 12. The number of thioether (sulfide) groups is 1. The Hall–Kier alpha value is -3.19. The van der Waals surface area contributed by atoms with E-state index in [1.54, 1.807) is 40.9 Å². The van der Waals surface area contributed by atoms with Gasteiger partial charge in [0.1, 0.15) is 36.6 Å². The highest BCUT2D eigenvalue weighted by Gasteiger charge is 2.52. The van der Waals surface area contributed by atoms with Gasteiger partial charge in [-0.25, -0.2) is 4.79 Å². The van der Waals surface area contributed by atoms with Crippen molar-refractivity contribution < 1.29 is 102 Å². The molecule has 2 bridgehead atoms. The molecule has 8 N–H and O–H groups in total. The number of allylic oxidation sites excluding steroid dienone is 3. The average Bonchev–Trinajstić information content (AvgIpc) is 1.96. The highest BCUT2D eigenvalue weighted by molar-refractivity contribution is 9.10. The van der Waals surface area contributed by atoms with Gasteiger partial charge in [-0.3, -0.25) is 19.7 Å². The Morgan fingerprint density at radius 2 is 1.60 bits per heavy atom. The standard InChI is InChI=1S/C56H76BrN3O21S4/c1-25(2)58-31-24-74-36(22-35(31)69-7)79-49-44(64)41(27(4)76-54(49)78-34-17-15-13-14-16-19-56(68)23-33(62)42(59-55(67)73-11)39(34)30(56)18-20-83-85-82-12)60-81-37-21-32(61)51(29(6)75-37)84-52(66)38-26(3)40(57)47(50(72-10)46(38)70-8)80-53-45(65)48(71-9)43(63)28(5)77-53/h13-14,18,25,27-29,31-32,34-37,41,43-45,48-49,51,53-54,58,60-61,63-65,68H,20-24H2,1-12H3,(H,59,67)/b14-13-,30-18?/t27?,28?,29?,31?,32?,34-,35?,36?,37?,41?,43?,44?,45?,48?,49?,51?,53?,54?,56-/m0/s1. The third kappa shape index (κ3) is 16.2. The van der Waals surface area contributed by atoms with Crippen molar-refractivity contribution in [3.63, 3.8) is 0 Å². The Labute approximate surface area is 518 Å². The highest BCUT2D eigenvalue weighted by Crippen LogP contribution is 2.51. The molecule has 0 radical (unpaired) electrons. The van der Waals surface area contributed by atoms with Crippen LogP contribution in [0, 0.1) is 30.6 Å². The normalized spacial score (nSPS) is 35.7. The fourth-order valence-electron chi connectivity index (χ4n) is 10.6. The van der Waals surface area contributed by atoms with Gasteiger partial charge < -0.3 is 87.7 Å². The fourth-order valence-corrected chi connectivity index (χ4v) is 14.6. The first-order chi connectivity index (χ1) is 40.5. The third-order valence-corrected chi connectivity index (χ3v) is 20.9. The number of aliphatic hydroxyl groups is 5. The van der Waals surface area contributed by atoms with Crippen molar-refractivity contribution in [2.24, 2.45) is 0 Å². The van der Waals surface area contributed by atoms with Crippen LogP contribution in [0.25, 0.3) is 0 Å². The lowest BCUT2D eigenvalue weighted by Crippen LogP contribution is -2.65. The van der Waals surface area contributed by atoms with Gasteiger partial charge in [-0.05, 0) is 77.4 Å². The lowest BCUT2D eigenvalue weighted by atomic mass is 9.75. The van der Waals surface area contributed by atoms with Crippen LogP contribution in [0.1, 0.15) is 69.8 Å². The van der Waals surface area contributed by atoms with Gasteiger partial charge in [-0.1, -0.05) is 77.0 Å². The summed E-state index contributed by atoms with van der Waals surface area (Å²) in [7, 11) is 11.2. The van der Waals surface area contributed by atoms with E-state index >= 15 is 0 Å². The molecule has 1 aromatic rings. The Morgan fingerprint density at radius 1 is 0.882 bits per heavy atom. The van der Waals surface area contributed by atoms with E-state index < -0.39 is 127 Å². The Bertz CT molecular complexity index is 2750. The zero-order chi connectivity index (χ0) is 62.0. The number of methoxy groups -OCH3 is 5. The molecule has 24 nitrogen and oxygen atoms in total. The quantitative estimate of drug-likeness (QED) is 0.0355. The topological polar surface area (TPSA) is 308 Å². The summed E-state index contributed by atoms with van der Waals surface area (Å²) in [6.07, 6.45) is -12.1. The molecule has 4 saturated heterocycles. The van der Waals surface area contributed by atoms with Gasteiger partial charge in [0.05, 0.1) is 97.9 Å². The molecular formula is C56H76BrN3O21S4. The number of hydrogen-bond acceptors (Lipinski definition) is 27. The Balaban J connectivity index is 1.12. The number of amides is 1. The Kier molecular flexibility index (Phi) is 25.7. The number of halogens is 1. The third-order valence-electron chi connectivity index (χ3n) is 14.8. The number of benzene rings is 1. The molecule has 4 fully saturated rings. The number of rotatable bonds is 22. The maximum atomic E-state index is 14.4. The number of hydrogen-bond donors (Lipinski definition) is 8. The second kappa shape index (κ2) is 31.5. The summed E-state index contributed by atoms with van der Waals surface area (Å²) in [6.45, 7) is 10.7. The van der Waals surface area contributed by atoms with Crippen molar-refractivity contribution in [1.29, 1.82) is 0 Å². The molecule has 0 spiro atoms. The molecule has 4 aliphatic heterocycles. The first kappa shape index (κ1) is 69.3. The van der Waals surface area contributed by atoms with Crippen LogP contribution in [-0.4, -0.2) is 218 Å². The van der Waals surface area contributed by atoms with E-state index in [1.165, 1.54) is 64.9 Å². The number of ketones is 1. The van der Waals surface area contributed by atoms with Gasteiger partial charge in [0.15, 0.2) is 41.8 Å². The average molecular weight is 1340 g/mol. The monoisotopic (exact) mass is 1330 g/mol. The summed E-state index contributed by atoms with van der Waals surface area (Å²) < 4.78 is 72.4. The molecule has 19 atom stereocenters. The molecule has 1 aromatic carbocycles. The molecule has 1 amide bonds. The van der Waals surface area contributed by atoms with Gasteiger partial charge >= 0.3 is 6.09 Å². The molecule has 2 aliphatic carbocycles. The van der Waals surface area contributed by atoms with Crippen molar-refractivity contribution in [1.82, 2.24) is 16.1 Å². The van der Waals surface area contributed by atoms with E-state index in [-0.39, 0.29) is 81.8 Å². The minimum Gasteiger partial charge on any atom is -0.492 e. The molecule has 29 heteroatoms.